The van der Waals surface area contributed by atoms with Crippen LogP contribution in [-0.4, -0.2) is 16.6 Å². The van der Waals surface area contributed by atoms with E-state index in [4.69, 9.17) is 16.3 Å². The molecule has 2 aliphatic rings. The first-order valence-electron chi connectivity index (χ1n) is 7.91. The molecule has 1 fully saturated rings. The van der Waals surface area contributed by atoms with Gasteiger partial charge in [-0.2, -0.15) is 11.8 Å². The Hall–Kier alpha value is -0.700. The number of ether oxygens (including phenoxy) is 1. The summed E-state index contributed by atoms with van der Waals surface area (Å²) in [7, 11) is 0. The summed E-state index contributed by atoms with van der Waals surface area (Å²) >= 11 is 8.24. The Bertz CT molecular complexity index is 607. The van der Waals surface area contributed by atoms with Gasteiger partial charge in [0, 0.05) is 21.5 Å². The van der Waals surface area contributed by atoms with Crippen molar-refractivity contribution in [2.24, 2.45) is 5.92 Å². The largest absolute Gasteiger partial charge is 0.373 e. The molecule has 4 atom stereocenters. The molecule has 3 heteroatoms. The van der Waals surface area contributed by atoms with Crippen molar-refractivity contribution in [3.63, 3.8) is 0 Å². The Balaban J connectivity index is 1.71. The van der Waals surface area contributed by atoms with E-state index in [1.54, 1.807) is 0 Å². The second-order valence-electron chi connectivity index (χ2n) is 6.41. The normalized spacial score (nSPS) is 30.8. The van der Waals surface area contributed by atoms with E-state index in [2.05, 4.69) is 51.1 Å². The maximum atomic E-state index is 6.33. The molecule has 1 aliphatic carbocycles. The molecule has 3 rings (SSSR count). The summed E-state index contributed by atoms with van der Waals surface area (Å²) in [4.78, 5) is 0. The third-order valence-corrected chi connectivity index (χ3v) is 6.20. The molecule has 1 nitrogen and oxygen atoms in total. The lowest BCUT2D eigenvalue weighted by molar-refractivity contribution is 0.00694. The minimum absolute atomic E-state index is 0.251. The lowest BCUT2D eigenvalue weighted by atomic mass is 9.90. The topological polar surface area (TPSA) is 9.23 Å². The second-order valence-corrected chi connectivity index (χ2v) is 8.47. The highest BCUT2D eigenvalue weighted by Crippen LogP contribution is 2.42. The fraction of sp³-hybridized carbons (Fsp3) is 0.474. The molecular weight excluding hydrogens is 312 g/mol. The number of thioether (sulfide) groups is 1. The molecule has 1 aromatic carbocycles. The minimum atomic E-state index is 0.251. The molecule has 0 unspecified atom stereocenters. The molecular formula is C19H23ClOS. The number of fused-ring (bicyclic) bond motifs is 1. The zero-order valence-corrected chi connectivity index (χ0v) is 15.0. The van der Waals surface area contributed by atoms with E-state index in [0.717, 1.165) is 11.5 Å². The molecule has 0 saturated carbocycles. The van der Waals surface area contributed by atoms with E-state index in [1.807, 2.05) is 17.8 Å². The lowest BCUT2D eigenvalue weighted by Gasteiger charge is -2.39. The van der Waals surface area contributed by atoms with Crippen LogP contribution in [0.15, 0.2) is 41.5 Å². The van der Waals surface area contributed by atoms with E-state index in [0.29, 0.717) is 23.0 Å². The number of benzene rings is 1. The zero-order valence-electron chi connectivity index (χ0n) is 13.4. The summed E-state index contributed by atoms with van der Waals surface area (Å²) in [6.45, 7) is 7.27. The molecule has 0 radical (unpaired) electrons. The van der Waals surface area contributed by atoms with Crippen LogP contribution < -0.4 is 0 Å². The Morgan fingerprint density at radius 3 is 2.91 bits per heavy atom. The standard InChI is InChI=1S/C19H23ClOS/c1-12-4-5-15(13(2)8-12)11-21-18-9-14(3)22-19-7-6-16(20)10-17(18)19/h4-8,10,14,17-19H,9,11H2,1-3H3/t14-,17+,18+,19+/m1/s1. The first-order chi connectivity index (χ1) is 10.5. The maximum Gasteiger partial charge on any atom is 0.0723 e. The van der Waals surface area contributed by atoms with Crippen molar-refractivity contribution in [3.05, 3.63) is 58.1 Å². The highest BCUT2D eigenvalue weighted by molar-refractivity contribution is 8.00. The van der Waals surface area contributed by atoms with Crippen LogP contribution in [0, 0.1) is 19.8 Å². The molecule has 1 saturated heterocycles. The quantitative estimate of drug-likeness (QED) is 0.732. The van der Waals surface area contributed by atoms with Crippen molar-refractivity contribution < 1.29 is 4.74 Å². The highest BCUT2D eigenvalue weighted by atomic mass is 35.5. The molecule has 0 aromatic heterocycles. The minimum Gasteiger partial charge on any atom is -0.373 e. The Morgan fingerprint density at radius 1 is 1.32 bits per heavy atom. The van der Waals surface area contributed by atoms with Gasteiger partial charge in [-0.15, -0.1) is 0 Å². The first-order valence-corrected chi connectivity index (χ1v) is 9.23. The molecule has 1 aromatic rings. The predicted molar refractivity (Wildman–Crippen MR) is 96.5 cm³/mol. The van der Waals surface area contributed by atoms with Crippen molar-refractivity contribution in [3.8, 4) is 0 Å². The van der Waals surface area contributed by atoms with Crippen LogP contribution in [-0.2, 0) is 11.3 Å². The molecule has 0 N–H and O–H groups in total. The highest BCUT2D eigenvalue weighted by Gasteiger charge is 2.36. The SMILES string of the molecule is Cc1ccc(CO[C@H]2C[C@@H](C)S[C@H]3C=CC(Cl)=C[C@@H]23)c(C)c1. The van der Waals surface area contributed by atoms with Crippen molar-refractivity contribution >= 4 is 23.4 Å². The Kier molecular flexibility index (Phi) is 5.01. The van der Waals surface area contributed by atoms with Crippen molar-refractivity contribution in [1.82, 2.24) is 0 Å². The van der Waals surface area contributed by atoms with Crippen LogP contribution in [0.2, 0.25) is 0 Å². The monoisotopic (exact) mass is 334 g/mol. The maximum absolute atomic E-state index is 6.33. The van der Waals surface area contributed by atoms with E-state index >= 15 is 0 Å². The van der Waals surface area contributed by atoms with Gasteiger partial charge in [0.2, 0.25) is 0 Å². The molecule has 22 heavy (non-hydrogen) atoms. The fourth-order valence-corrected chi connectivity index (χ4v) is 4.96. The van der Waals surface area contributed by atoms with Gasteiger partial charge < -0.3 is 4.74 Å². The number of rotatable bonds is 3. The average Bonchev–Trinajstić information content (AvgIpc) is 2.46. The summed E-state index contributed by atoms with van der Waals surface area (Å²) in [5.41, 5.74) is 3.90. The van der Waals surface area contributed by atoms with Crippen LogP contribution in [0.25, 0.3) is 0 Å². The van der Waals surface area contributed by atoms with Gasteiger partial charge in [0.25, 0.3) is 0 Å². The van der Waals surface area contributed by atoms with E-state index < -0.39 is 0 Å². The van der Waals surface area contributed by atoms with Crippen LogP contribution in [0.3, 0.4) is 0 Å². The average molecular weight is 335 g/mol. The lowest BCUT2D eigenvalue weighted by Crippen LogP contribution is -2.38. The van der Waals surface area contributed by atoms with E-state index in [-0.39, 0.29) is 6.10 Å². The van der Waals surface area contributed by atoms with Gasteiger partial charge in [-0.05, 0) is 37.5 Å². The molecule has 0 spiro atoms. The summed E-state index contributed by atoms with van der Waals surface area (Å²) in [6.07, 6.45) is 7.78. The van der Waals surface area contributed by atoms with Gasteiger partial charge in [0.15, 0.2) is 0 Å². The van der Waals surface area contributed by atoms with E-state index in [1.165, 1.54) is 16.7 Å². The third-order valence-electron chi connectivity index (χ3n) is 4.51. The molecule has 118 valence electrons. The van der Waals surface area contributed by atoms with Crippen LogP contribution in [0.4, 0.5) is 0 Å². The predicted octanol–water partition coefficient (Wildman–Crippen LogP) is 5.39. The third kappa shape index (κ3) is 3.61. The second kappa shape index (κ2) is 6.82. The Labute approximate surface area is 142 Å². The number of hydrogen-bond acceptors (Lipinski definition) is 2. The Morgan fingerprint density at radius 2 is 2.14 bits per heavy atom. The zero-order chi connectivity index (χ0) is 15.7. The van der Waals surface area contributed by atoms with Gasteiger partial charge in [-0.3, -0.25) is 0 Å². The van der Waals surface area contributed by atoms with E-state index in [9.17, 15) is 0 Å². The summed E-state index contributed by atoms with van der Waals surface area (Å²) in [6, 6.07) is 6.57. The molecule has 1 heterocycles. The van der Waals surface area contributed by atoms with Crippen molar-refractivity contribution in [2.75, 3.05) is 0 Å². The summed E-state index contributed by atoms with van der Waals surface area (Å²) in [5.74, 6) is 0.393. The van der Waals surface area contributed by atoms with Crippen LogP contribution in [0.1, 0.15) is 30.0 Å². The molecule has 0 amide bonds. The van der Waals surface area contributed by atoms with Crippen LogP contribution in [0.5, 0.6) is 0 Å². The van der Waals surface area contributed by atoms with Gasteiger partial charge in [-0.25, -0.2) is 0 Å². The summed E-state index contributed by atoms with van der Waals surface area (Å²) in [5, 5.41) is 1.96. The van der Waals surface area contributed by atoms with Gasteiger partial charge in [0.05, 0.1) is 12.7 Å². The van der Waals surface area contributed by atoms with Crippen molar-refractivity contribution in [1.29, 1.82) is 0 Å². The number of allylic oxidation sites excluding steroid dienone is 2. The smallest absolute Gasteiger partial charge is 0.0723 e. The number of aryl methyl sites for hydroxylation is 2. The fourth-order valence-electron chi connectivity index (χ4n) is 3.30. The number of hydrogen-bond donors (Lipinski definition) is 0. The summed E-state index contributed by atoms with van der Waals surface area (Å²) < 4.78 is 6.33. The van der Waals surface area contributed by atoms with Gasteiger partial charge in [0.1, 0.15) is 0 Å². The molecule has 0 bridgehead atoms. The number of halogens is 1. The first kappa shape index (κ1) is 16.2. The van der Waals surface area contributed by atoms with Crippen molar-refractivity contribution in [2.45, 2.75) is 50.4 Å². The van der Waals surface area contributed by atoms with Gasteiger partial charge in [-0.1, -0.05) is 54.4 Å². The molecule has 1 aliphatic heterocycles. The van der Waals surface area contributed by atoms with Crippen LogP contribution >= 0.6 is 23.4 Å². The van der Waals surface area contributed by atoms with Gasteiger partial charge >= 0.3 is 0 Å².